The van der Waals surface area contributed by atoms with Crippen LogP contribution in [0.15, 0.2) is 40.9 Å². The minimum atomic E-state index is 0.0723. The summed E-state index contributed by atoms with van der Waals surface area (Å²) >= 11 is 0. The molecule has 0 saturated carbocycles. The van der Waals surface area contributed by atoms with Crippen molar-refractivity contribution in [3.63, 3.8) is 0 Å². The van der Waals surface area contributed by atoms with E-state index in [1.54, 1.807) is 0 Å². The molecule has 24 heavy (non-hydrogen) atoms. The number of para-hydroxylation sites is 1. The molecule has 1 aromatic carbocycles. The van der Waals surface area contributed by atoms with Crippen LogP contribution in [0.2, 0.25) is 0 Å². The maximum absolute atomic E-state index is 12.7. The zero-order chi connectivity index (χ0) is 16.5. The Bertz CT molecular complexity index is 826. The van der Waals surface area contributed by atoms with Crippen molar-refractivity contribution in [2.24, 2.45) is 0 Å². The molecule has 1 aliphatic rings. The van der Waals surface area contributed by atoms with E-state index in [2.05, 4.69) is 15.0 Å². The van der Waals surface area contributed by atoms with E-state index < -0.39 is 0 Å². The van der Waals surface area contributed by atoms with E-state index in [1.807, 2.05) is 48.2 Å². The van der Waals surface area contributed by atoms with Crippen molar-refractivity contribution >= 4 is 16.8 Å². The number of nitrogens with one attached hydrogen (secondary N) is 1. The van der Waals surface area contributed by atoms with Crippen molar-refractivity contribution in [2.75, 3.05) is 26.2 Å². The van der Waals surface area contributed by atoms with Crippen molar-refractivity contribution in [1.29, 1.82) is 0 Å². The second-order valence-electron chi connectivity index (χ2n) is 6.27. The van der Waals surface area contributed by atoms with E-state index in [9.17, 15) is 4.79 Å². The number of fused-ring (bicyclic) bond motifs is 1. The van der Waals surface area contributed by atoms with E-state index in [0.717, 1.165) is 55.1 Å². The number of carbonyl (C=O) groups is 1. The molecule has 124 valence electrons. The van der Waals surface area contributed by atoms with Gasteiger partial charge >= 0.3 is 0 Å². The summed E-state index contributed by atoms with van der Waals surface area (Å²) in [6.07, 6.45) is 0. The molecule has 0 spiro atoms. The normalized spacial score (nSPS) is 16.0. The molecule has 6 nitrogen and oxygen atoms in total. The van der Waals surface area contributed by atoms with Gasteiger partial charge in [-0.3, -0.25) is 9.69 Å². The smallest absolute Gasteiger partial charge is 0.270 e. The summed E-state index contributed by atoms with van der Waals surface area (Å²) in [4.78, 5) is 20.1. The Kier molecular flexibility index (Phi) is 3.82. The SMILES string of the molecule is Cc1cc(CN2CCN(C(=O)c3cc4ccccc4[nH]3)CC2)no1. The molecule has 3 heterocycles. The third-order valence-corrected chi connectivity index (χ3v) is 4.48. The lowest BCUT2D eigenvalue weighted by Gasteiger charge is -2.34. The largest absolute Gasteiger partial charge is 0.361 e. The van der Waals surface area contributed by atoms with Crippen LogP contribution in [0, 0.1) is 6.92 Å². The first-order valence-corrected chi connectivity index (χ1v) is 8.20. The lowest BCUT2D eigenvalue weighted by molar-refractivity contribution is 0.0621. The standard InChI is InChI=1S/C18H20N4O2/c1-13-10-15(20-24-13)12-21-6-8-22(9-7-21)18(23)17-11-14-4-2-3-5-16(14)19-17/h2-5,10-11,19H,6-9,12H2,1H3. The van der Waals surface area contributed by atoms with Gasteiger partial charge in [0.05, 0.1) is 5.69 Å². The van der Waals surface area contributed by atoms with Gasteiger partial charge in [0.2, 0.25) is 0 Å². The van der Waals surface area contributed by atoms with Crippen LogP contribution in [-0.4, -0.2) is 52.0 Å². The van der Waals surface area contributed by atoms with Gasteiger partial charge in [-0.05, 0) is 19.1 Å². The van der Waals surface area contributed by atoms with Gasteiger partial charge in [0.1, 0.15) is 11.5 Å². The highest BCUT2D eigenvalue weighted by Gasteiger charge is 2.23. The number of hydrogen-bond donors (Lipinski definition) is 1. The van der Waals surface area contributed by atoms with Crippen molar-refractivity contribution in [3.8, 4) is 0 Å². The molecule has 1 saturated heterocycles. The predicted molar refractivity (Wildman–Crippen MR) is 90.7 cm³/mol. The number of aryl methyl sites for hydroxylation is 1. The molecule has 4 rings (SSSR count). The Morgan fingerprint density at radius 2 is 2.00 bits per heavy atom. The van der Waals surface area contributed by atoms with Gasteiger partial charge in [0.25, 0.3) is 5.91 Å². The summed E-state index contributed by atoms with van der Waals surface area (Å²) in [5.74, 6) is 0.903. The predicted octanol–water partition coefficient (Wildman–Crippen LogP) is 2.42. The molecule has 1 N–H and O–H groups in total. The highest BCUT2D eigenvalue weighted by atomic mass is 16.5. The molecule has 0 aliphatic carbocycles. The number of piperazine rings is 1. The average Bonchev–Trinajstić information content (AvgIpc) is 3.21. The molecule has 0 radical (unpaired) electrons. The second kappa shape index (κ2) is 6.13. The Balaban J connectivity index is 1.39. The molecule has 1 fully saturated rings. The molecule has 0 unspecified atom stereocenters. The number of nitrogens with zero attached hydrogens (tertiary/aromatic N) is 3. The number of amides is 1. The second-order valence-corrected chi connectivity index (χ2v) is 6.27. The lowest BCUT2D eigenvalue weighted by Crippen LogP contribution is -2.48. The minimum Gasteiger partial charge on any atom is -0.361 e. The summed E-state index contributed by atoms with van der Waals surface area (Å²) < 4.78 is 5.11. The summed E-state index contributed by atoms with van der Waals surface area (Å²) in [5.41, 5.74) is 2.61. The van der Waals surface area contributed by atoms with Crippen LogP contribution < -0.4 is 0 Å². The number of H-pyrrole nitrogens is 1. The Labute approximate surface area is 140 Å². The summed E-state index contributed by atoms with van der Waals surface area (Å²) in [5, 5.41) is 5.10. The molecular weight excluding hydrogens is 304 g/mol. The van der Waals surface area contributed by atoms with Crippen LogP contribution in [0.5, 0.6) is 0 Å². The van der Waals surface area contributed by atoms with Crippen LogP contribution >= 0.6 is 0 Å². The first-order valence-electron chi connectivity index (χ1n) is 8.20. The molecule has 1 aliphatic heterocycles. The van der Waals surface area contributed by atoms with Crippen molar-refractivity contribution < 1.29 is 9.32 Å². The highest BCUT2D eigenvalue weighted by molar-refractivity contribution is 5.98. The summed E-state index contributed by atoms with van der Waals surface area (Å²) in [6.45, 7) is 5.81. The summed E-state index contributed by atoms with van der Waals surface area (Å²) in [6, 6.07) is 11.8. The van der Waals surface area contributed by atoms with E-state index in [4.69, 9.17) is 4.52 Å². The van der Waals surface area contributed by atoms with Gasteiger partial charge in [-0.1, -0.05) is 23.4 Å². The fourth-order valence-electron chi connectivity index (χ4n) is 3.19. The Hall–Kier alpha value is -2.60. The molecule has 0 bridgehead atoms. The molecule has 1 amide bonds. The molecule has 6 heteroatoms. The fourth-order valence-corrected chi connectivity index (χ4v) is 3.19. The van der Waals surface area contributed by atoms with Crippen LogP contribution in [0.25, 0.3) is 10.9 Å². The maximum Gasteiger partial charge on any atom is 0.270 e. The zero-order valence-electron chi connectivity index (χ0n) is 13.7. The maximum atomic E-state index is 12.7. The van der Waals surface area contributed by atoms with Crippen LogP contribution in [0.1, 0.15) is 21.9 Å². The fraction of sp³-hybridized carbons (Fsp3) is 0.333. The van der Waals surface area contributed by atoms with E-state index in [-0.39, 0.29) is 5.91 Å². The third-order valence-electron chi connectivity index (χ3n) is 4.48. The van der Waals surface area contributed by atoms with E-state index in [1.165, 1.54) is 0 Å². The van der Waals surface area contributed by atoms with Gasteiger partial charge in [0.15, 0.2) is 0 Å². The van der Waals surface area contributed by atoms with Crippen LogP contribution in [0.3, 0.4) is 0 Å². The third kappa shape index (κ3) is 2.92. The first-order chi connectivity index (χ1) is 11.7. The van der Waals surface area contributed by atoms with Crippen molar-refractivity contribution in [3.05, 3.63) is 53.5 Å². The van der Waals surface area contributed by atoms with Gasteiger partial charge < -0.3 is 14.4 Å². The van der Waals surface area contributed by atoms with Gasteiger partial charge in [0, 0.05) is 49.7 Å². The molecule has 0 atom stereocenters. The molecular formula is C18H20N4O2. The highest BCUT2D eigenvalue weighted by Crippen LogP contribution is 2.17. The van der Waals surface area contributed by atoms with E-state index in [0.29, 0.717) is 5.69 Å². The van der Waals surface area contributed by atoms with Crippen LogP contribution in [-0.2, 0) is 6.54 Å². The zero-order valence-corrected chi connectivity index (χ0v) is 13.7. The number of carbonyl (C=O) groups excluding carboxylic acids is 1. The number of hydrogen-bond acceptors (Lipinski definition) is 4. The Morgan fingerprint density at radius 1 is 1.21 bits per heavy atom. The molecule has 3 aromatic rings. The Morgan fingerprint density at radius 3 is 2.71 bits per heavy atom. The quantitative estimate of drug-likeness (QED) is 0.803. The number of rotatable bonds is 3. The van der Waals surface area contributed by atoms with E-state index >= 15 is 0 Å². The number of benzene rings is 1. The van der Waals surface area contributed by atoms with Gasteiger partial charge in [-0.15, -0.1) is 0 Å². The summed E-state index contributed by atoms with van der Waals surface area (Å²) in [7, 11) is 0. The van der Waals surface area contributed by atoms with Crippen LogP contribution in [0.4, 0.5) is 0 Å². The number of aromatic amines is 1. The molecule has 2 aromatic heterocycles. The number of aromatic nitrogens is 2. The topological polar surface area (TPSA) is 65.4 Å². The lowest BCUT2D eigenvalue weighted by atomic mass is 10.2. The van der Waals surface area contributed by atoms with Crippen molar-refractivity contribution in [1.82, 2.24) is 19.9 Å². The first kappa shape index (κ1) is 15.0. The minimum absolute atomic E-state index is 0.0723. The average molecular weight is 324 g/mol. The monoisotopic (exact) mass is 324 g/mol. The van der Waals surface area contributed by atoms with Gasteiger partial charge in [-0.25, -0.2) is 0 Å². The van der Waals surface area contributed by atoms with Gasteiger partial charge in [-0.2, -0.15) is 0 Å². The van der Waals surface area contributed by atoms with Crippen molar-refractivity contribution in [2.45, 2.75) is 13.5 Å².